The van der Waals surface area contributed by atoms with Crippen LogP contribution >= 0.6 is 0 Å². The molecule has 120 valence electrons. The fourth-order valence-corrected chi connectivity index (χ4v) is 1.20. The lowest BCUT2D eigenvalue weighted by Gasteiger charge is -2.37. The predicted octanol–water partition coefficient (Wildman–Crippen LogP) is 4.15. The molecule has 0 saturated heterocycles. The van der Waals surface area contributed by atoms with Gasteiger partial charge in [-0.3, -0.25) is 4.79 Å². The summed E-state index contributed by atoms with van der Waals surface area (Å²) in [7, 11) is 0. The van der Waals surface area contributed by atoms with E-state index in [9.17, 15) is 44.3 Å². The van der Waals surface area contributed by atoms with Gasteiger partial charge in [0.15, 0.2) is 0 Å². The van der Waals surface area contributed by atoms with Crippen molar-refractivity contribution < 1.29 is 49.0 Å². The number of unbranched alkanes of at least 4 members (excludes halogenated alkanes) is 1. The molecule has 0 saturated carbocycles. The number of hydrogen-bond acceptors (Lipinski definition) is 2. The van der Waals surface area contributed by atoms with Crippen LogP contribution in [0.15, 0.2) is 0 Å². The molecule has 0 atom stereocenters. The molecule has 0 fully saturated rings. The average Bonchev–Trinajstić information content (AvgIpc) is 2.17. The lowest BCUT2D eigenvalue weighted by molar-refractivity contribution is -0.446. The molecule has 0 radical (unpaired) electrons. The van der Waals surface area contributed by atoms with Gasteiger partial charge in [0, 0.05) is 6.42 Å². The second-order valence-electron chi connectivity index (χ2n) is 3.75. The first-order valence-corrected chi connectivity index (χ1v) is 5.12. The number of ether oxygens (including phenoxy) is 1. The highest BCUT2D eigenvalue weighted by Gasteiger charge is 2.87. The molecular formula is C9H9F9O2. The molecule has 0 aromatic rings. The SMILES string of the molecule is CCCCC(=O)OC(C(F)(F)F)(C(F)(F)F)C(F)(F)F. The molecule has 0 unspecified atom stereocenters. The van der Waals surface area contributed by atoms with Gasteiger partial charge >= 0.3 is 30.1 Å². The first-order chi connectivity index (χ1) is 8.70. The summed E-state index contributed by atoms with van der Waals surface area (Å²) in [6.45, 7) is 1.43. The lowest BCUT2D eigenvalue weighted by Crippen LogP contribution is -2.68. The van der Waals surface area contributed by atoms with Gasteiger partial charge in [0.2, 0.25) is 0 Å². The third kappa shape index (κ3) is 3.48. The van der Waals surface area contributed by atoms with Gasteiger partial charge in [0.25, 0.3) is 0 Å². The fraction of sp³-hybridized carbons (Fsp3) is 0.889. The van der Waals surface area contributed by atoms with Crippen LogP contribution in [0.2, 0.25) is 0 Å². The van der Waals surface area contributed by atoms with Crippen molar-refractivity contribution in [3.63, 3.8) is 0 Å². The molecule has 0 aliphatic carbocycles. The molecule has 2 nitrogen and oxygen atoms in total. The molecular weight excluding hydrogens is 311 g/mol. The van der Waals surface area contributed by atoms with Crippen LogP contribution in [0, 0.1) is 0 Å². The largest absolute Gasteiger partial charge is 0.447 e. The molecule has 0 rings (SSSR count). The summed E-state index contributed by atoms with van der Waals surface area (Å²) in [5, 5.41) is 0. The Labute approximate surface area is 106 Å². The minimum atomic E-state index is -6.88. The van der Waals surface area contributed by atoms with E-state index in [0.717, 1.165) is 0 Å². The Bertz CT molecular complexity index is 303. The number of rotatable bonds is 4. The van der Waals surface area contributed by atoms with Crippen LogP contribution in [0.1, 0.15) is 26.2 Å². The van der Waals surface area contributed by atoms with Crippen molar-refractivity contribution in [2.45, 2.75) is 50.3 Å². The molecule has 0 aromatic carbocycles. The first-order valence-electron chi connectivity index (χ1n) is 5.12. The van der Waals surface area contributed by atoms with E-state index in [1.807, 2.05) is 0 Å². The van der Waals surface area contributed by atoms with Gasteiger partial charge in [-0.1, -0.05) is 13.3 Å². The molecule has 11 heteroatoms. The van der Waals surface area contributed by atoms with Crippen molar-refractivity contribution in [3.05, 3.63) is 0 Å². The van der Waals surface area contributed by atoms with E-state index in [1.54, 1.807) is 0 Å². The molecule has 0 amide bonds. The number of alkyl halides is 9. The summed E-state index contributed by atoms with van der Waals surface area (Å²) < 4.78 is 114. The highest BCUT2D eigenvalue weighted by Crippen LogP contribution is 2.55. The van der Waals surface area contributed by atoms with Gasteiger partial charge in [0.05, 0.1) is 0 Å². The van der Waals surface area contributed by atoms with E-state index in [2.05, 4.69) is 4.74 Å². The van der Waals surface area contributed by atoms with Crippen molar-refractivity contribution in [2.75, 3.05) is 0 Å². The zero-order chi connectivity index (χ0) is 16.4. The summed E-state index contributed by atoms with van der Waals surface area (Å²) >= 11 is 0. The Morgan fingerprint density at radius 1 is 0.850 bits per heavy atom. The van der Waals surface area contributed by atoms with Gasteiger partial charge in [-0.2, -0.15) is 39.5 Å². The van der Waals surface area contributed by atoms with Crippen LogP contribution in [0.3, 0.4) is 0 Å². The van der Waals surface area contributed by atoms with Crippen LogP contribution in [0.25, 0.3) is 0 Å². The lowest BCUT2D eigenvalue weighted by atomic mass is 10.0. The third-order valence-electron chi connectivity index (χ3n) is 2.20. The Hall–Kier alpha value is -1.16. The van der Waals surface area contributed by atoms with Gasteiger partial charge < -0.3 is 4.74 Å². The molecule has 0 aromatic heterocycles. The molecule has 0 spiro atoms. The Morgan fingerprint density at radius 2 is 1.20 bits per heavy atom. The van der Waals surface area contributed by atoms with Crippen molar-refractivity contribution in [1.29, 1.82) is 0 Å². The summed E-state index contributed by atoms with van der Waals surface area (Å²) in [5.74, 6) is -2.22. The summed E-state index contributed by atoms with van der Waals surface area (Å²) in [5.41, 5.74) is -6.52. The van der Waals surface area contributed by atoms with Crippen molar-refractivity contribution in [1.82, 2.24) is 0 Å². The van der Waals surface area contributed by atoms with E-state index in [-0.39, 0.29) is 12.8 Å². The molecule has 20 heavy (non-hydrogen) atoms. The minimum Gasteiger partial charge on any atom is -0.432 e. The van der Waals surface area contributed by atoms with E-state index in [4.69, 9.17) is 0 Å². The molecule has 0 N–H and O–H groups in total. The zero-order valence-corrected chi connectivity index (χ0v) is 9.84. The Kier molecular flexibility index (Phi) is 5.35. The number of carbonyl (C=O) groups excluding carboxylic acids is 1. The van der Waals surface area contributed by atoms with Gasteiger partial charge in [-0.15, -0.1) is 0 Å². The summed E-state index contributed by atoms with van der Waals surface area (Å²) in [6.07, 6.45) is -21.7. The summed E-state index contributed by atoms with van der Waals surface area (Å²) in [6, 6.07) is 0. The Morgan fingerprint density at radius 3 is 1.45 bits per heavy atom. The monoisotopic (exact) mass is 320 g/mol. The van der Waals surface area contributed by atoms with Crippen LogP contribution in [-0.4, -0.2) is 30.1 Å². The number of hydrogen-bond donors (Lipinski definition) is 0. The predicted molar refractivity (Wildman–Crippen MR) is 46.5 cm³/mol. The van der Waals surface area contributed by atoms with Crippen molar-refractivity contribution in [3.8, 4) is 0 Å². The second kappa shape index (κ2) is 5.68. The first kappa shape index (κ1) is 18.8. The van der Waals surface area contributed by atoms with Crippen LogP contribution in [0.5, 0.6) is 0 Å². The minimum absolute atomic E-state index is 0.173. The van der Waals surface area contributed by atoms with Gasteiger partial charge in [-0.25, -0.2) is 0 Å². The number of halogens is 9. The summed E-state index contributed by atoms with van der Waals surface area (Å²) in [4.78, 5) is 10.8. The molecule has 0 aliphatic heterocycles. The topological polar surface area (TPSA) is 26.3 Å². The van der Waals surface area contributed by atoms with Crippen LogP contribution < -0.4 is 0 Å². The standard InChI is InChI=1S/C9H9F9O2/c1-2-3-4-5(19)20-6(7(10,11)12,8(13,14)15)9(16,17)18/h2-4H2,1H3. The van der Waals surface area contributed by atoms with Crippen LogP contribution in [-0.2, 0) is 9.53 Å². The van der Waals surface area contributed by atoms with E-state index >= 15 is 0 Å². The Balaban J connectivity index is 5.75. The van der Waals surface area contributed by atoms with E-state index in [1.165, 1.54) is 6.92 Å². The quantitative estimate of drug-likeness (QED) is 0.575. The maximum Gasteiger partial charge on any atom is 0.447 e. The highest BCUT2D eigenvalue weighted by molar-refractivity contribution is 5.70. The smallest absolute Gasteiger partial charge is 0.432 e. The normalized spacial score (nSPS) is 14.3. The molecule has 0 bridgehead atoms. The zero-order valence-electron chi connectivity index (χ0n) is 9.84. The van der Waals surface area contributed by atoms with Crippen molar-refractivity contribution >= 4 is 5.97 Å². The third-order valence-corrected chi connectivity index (χ3v) is 2.20. The van der Waals surface area contributed by atoms with Gasteiger partial charge in [0.1, 0.15) is 0 Å². The van der Waals surface area contributed by atoms with Crippen molar-refractivity contribution in [2.24, 2.45) is 0 Å². The average molecular weight is 320 g/mol. The molecule has 0 heterocycles. The van der Waals surface area contributed by atoms with E-state index in [0.29, 0.717) is 0 Å². The maximum absolute atomic E-state index is 12.3. The van der Waals surface area contributed by atoms with Gasteiger partial charge in [-0.05, 0) is 6.42 Å². The number of carbonyl (C=O) groups is 1. The highest BCUT2D eigenvalue weighted by atomic mass is 19.4. The van der Waals surface area contributed by atoms with Crippen LogP contribution in [0.4, 0.5) is 39.5 Å². The maximum atomic E-state index is 12.3. The fourth-order valence-electron chi connectivity index (χ4n) is 1.20. The number of esters is 1. The van der Waals surface area contributed by atoms with E-state index < -0.39 is 36.5 Å². The second-order valence-corrected chi connectivity index (χ2v) is 3.75. The molecule has 0 aliphatic rings.